The van der Waals surface area contributed by atoms with Crippen LogP contribution in [0.4, 0.5) is 11.4 Å². The summed E-state index contributed by atoms with van der Waals surface area (Å²) in [4.78, 5) is 32.8. The topological polar surface area (TPSA) is 66.9 Å². The highest BCUT2D eigenvalue weighted by Crippen LogP contribution is 2.53. The van der Waals surface area contributed by atoms with Crippen molar-refractivity contribution in [2.45, 2.75) is 103 Å². The Labute approximate surface area is 294 Å². The second-order valence-corrected chi connectivity index (χ2v) is 18.1. The summed E-state index contributed by atoms with van der Waals surface area (Å²) in [7, 11) is 0. The molecule has 0 bridgehead atoms. The van der Waals surface area contributed by atoms with Gasteiger partial charge in [0.2, 0.25) is 0 Å². The van der Waals surface area contributed by atoms with Gasteiger partial charge in [-0.2, -0.15) is 0 Å². The minimum absolute atomic E-state index is 0.0168. The molecule has 258 valence electrons. The van der Waals surface area contributed by atoms with Crippen LogP contribution in [0.25, 0.3) is 44.2 Å². The first kappa shape index (κ1) is 31.6. The van der Waals surface area contributed by atoms with E-state index in [1.807, 2.05) is 36.4 Å². The quantitative estimate of drug-likeness (QED) is 0.175. The zero-order chi connectivity index (χ0) is 35.1. The number of fused-ring (bicyclic) bond motifs is 4. The Kier molecular flexibility index (Phi) is 6.42. The molecule has 0 aliphatic carbocycles. The molecular formula is C44H48N2O4. The summed E-state index contributed by atoms with van der Waals surface area (Å²) in [5.74, 6) is 0. The van der Waals surface area contributed by atoms with E-state index < -0.39 is 0 Å². The molecule has 0 radical (unpaired) electrons. The molecule has 0 amide bonds. The van der Waals surface area contributed by atoms with Gasteiger partial charge in [-0.3, -0.25) is 0 Å². The average molecular weight is 669 g/mol. The van der Waals surface area contributed by atoms with Crippen molar-refractivity contribution >= 4 is 33.3 Å². The molecule has 2 aromatic heterocycles. The average Bonchev–Trinajstić information content (AvgIpc) is 3.05. The van der Waals surface area contributed by atoms with E-state index in [9.17, 15) is 9.59 Å². The van der Waals surface area contributed by atoms with E-state index in [1.54, 1.807) is 0 Å². The molecule has 4 aliphatic rings. The van der Waals surface area contributed by atoms with Gasteiger partial charge in [-0.1, -0.05) is 73.6 Å². The molecule has 6 heteroatoms. The van der Waals surface area contributed by atoms with Crippen LogP contribution in [0.3, 0.4) is 0 Å². The Hall–Kier alpha value is -4.32. The Morgan fingerprint density at radius 1 is 0.520 bits per heavy atom. The zero-order valence-electron chi connectivity index (χ0n) is 30.8. The molecule has 0 saturated heterocycles. The summed E-state index contributed by atoms with van der Waals surface area (Å²) in [5.41, 5.74) is 10.4. The van der Waals surface area contributed by atoms with Crippen molar-refractivity contribution in [1.82, 2.24) is 0 Å². The first-order chi connectivity index (χ1) is 23.6. The zero-order valence-corrected chi connectivity index (χ0v) is 30.8. The predicted molar refractivity (Wildman–Crippen MR) is 204 cm³/mol. The molecule has 0 unspecified atom stereocenters. The van der Waals surface area contributed by atoms with E-state index >= 15 is 0 Å². The van der Waals surface area contributed by atoms with E-state index in [-0.39, 0.29) is 32.9 Å². The van der Waals surface area contributed by atoms with E-state index in [1.165, 1.54) is 22.5 Å². The van der Waals surface area contributed by atoms with Crippen LogP contribution >= 0.6 is 0 Å². The lowest BCUT2D eigenvalue weighted by Crippen LogP contribution is -2.44. The van der Waals surface area contributed by atoms with Crippen LogP contribution in [0, 0.1) is 0 Å². The van der Waals surface area contributed by atoms with Gasteiger partial charge in [0.1, 0.15) is 11.2 Å². The number of rotatable bonds is 2. The highest BCUT2D eigenvalue weighted by atomic mass is 16.4. The molecule has 0 atom stereocenters. The van der Waals surface area contributed by atoms with Crippen molar-refractivity contribution < 1.29 is 8.83 Å². The van der Waals surface area contributed by atoms with Crippen LogP contribution < -0.4 is 21.1 Å². The summed E-state index contributed by atoms with van der Waals surface area (Å²) in [5, 5.41) is 1.90. The SMILES string of the molecule is CC1(C)CCN2CCC(C)(C)c3c2c1cc1cc(-c2cccc(-c4cc5cc6c7c(c5oc4=O)C(C)(C)CCN7CCC6(C)C)c2)c(=O)oc31. The van der Waals surface area contributed by atoms with E-state index in [0.29, 0.717) is 22.3 Å². The van der Waals surface area contributed by atoms with E-state index in [0.717, 1.165) is 84.9 Å². The van der Waals surface area contributed by atoms with Gasteiger partial charge in [-0.25, -0.2) is 9.59 Å². The van der Waals surface area contributed by atoms with Gasteiger partial charge in [-0.15, -0.1) is 0 Å². The minimum Gasteiger partial charge on any atom is -0.422 e. The van der Waals surface area contributed by atoms with Crippen LogP contribution in [0.15, 0.2) is 67.0 Å². The molecule has 50 heavy (non-hydrogen) atoms. The standard InChI is InChI=1S/C44H48N2O4/c1-41(2)12-16-45-18-14-43(5,6)33-35(45)31(41)23-27-21-29(39(47)49-37(27)33)25-10-9-11-26(20-25)30-22-28-24-32-36-34(38(28)50-40(30)48)44(7,8)15-19-46(36)17-13-42(32,3)4/h9-11,20-24H,12-19H2,1-8H3. The van der Waals surface area contributed by atoms with Crippen molar-refractivity contribution in [3.8, 4) is 22.3 Å². The number of hydrogen-bond acceptors (Lipinski definition) is 6. The molecule has 0 spiro atoms. The fourth-order valence-electron chi connectivity index (χ4n) is 9.56. The van der Waals surface area contributed by atoms with Crippen molar-refractivity contribution in [1.29, 1.82) is 0 Å². The van der Waals surface area contributed by atoms with E-state index in [4.69, 9.17) is 8.83 Å². The maximum atomic E-state index is 13.9. The lowest BCUT2D eigenvalue weighted by Gasteiger charge is -2.48. The highest BCUT2D eigenvalue weighted by Gasteiger charge is 2.43. The maximum absolute atomic E-state index is 13.9. The minimum atomic E-state index is -0.362. The Bertz CT molecular complexity index is 2240. The van der Waals surface area contributed by atoms with Gasteiger partial charge < -0.3 is 18.6 Å². The van der Waals surface area contributed by atoms with Gasteiger partial charge in [-0.05, 0) is 99.9 Å². The summed E-state index contributed by atoms with van der Waals surface area (Å²) >= 11 is 0. The molecule has 3 aromatic carbocycles. The van der Waals surface area contributed by atoms with Gasteiger partial charge in [0, 0.05) is 59.5 Å². The molecule has 4 aliphatic heterocycles. The monoisotopic (exact) mass is 668 g/mol. The Morgan fingerprint density at radius 2 is 0.900 bits per heavy atom. The third-order valence-corrected chi connectivity index (χ3v) is 12.9. The van der Waals surface area contributed by atoms with Gasteiger partial charge in [0.15, 0.2) is 0 Å². The first-order valence-electron chi connectivity index (χ1n) is 18.5. The third-order valence-electron chi connectivity index (χ3n) is 12.9. The van der Waals surface area contributed by atoms with Gasteiger partial charge >= 0.3 is 11.3 Å². The second kappa shape index (κ2) is 10.1. The number of hydrogen-bond donors (Lipinski definition) is 0. The molecular weight excluding hydrogens is 620 g/mol. The Balaban J connectivity index is 1.21. The van der Waals surface area contributed by atoms with Crippen LogP contribution in [-0.2, 0) is 21.7 Å². The fraction of sp³-hybridized carbons (Fsp3) is 0.455. The Morgan fingerprint density at radius 3 is 1.30 bits per heavy atom. The van der Waals surface area contributed by atoms with Crippen LogP contribution in [-0.4, -0.2) is 26.2 Å². The van der Waals surface area contributed by atoms with Crippen LogP contribution in [0.5, 0.6) is 0 Å². The van der Waals surface area contributed by atoms with Crippen molar-refractivity contribution in [2.75, 3.05) is 36.0 Å². The van der Waals surface area contributed by atoms with Crippen molar-refractivity contribution in [3.63, 3.8) is 0 Å². The molecule has 5 aromatic rings. The van der Waals surface area contributed by atoms with Crippen molar-refractivity contribution in [2.24, 2.45) is 0 Å². The molecule has 6 heterocycles. The smallest absolute Gasteiger partial charge is 0.344 e. The first-order valence-corrected chi connectivity index (χ1v) is 18.5. The summed E-state index contributed by atoms with van der Waals surface area (Å²) in [6, 6.07) is 16.2. The predicted octanol–water partition coefficient (Wildman–Crippen LogP) is 9.57. The highest BCUT2D eigenvalue weighted by molar-refractivity contribution is 5.94. The summed E-state index contributed by atoms with van der Waals surface area (Å²) < 4.78 is 12.6. The van der Waals surface area contributed by atoms with E-state index in [2.05, 4.69) is 77.3 Å². The lowest BCUT2D eigenvalue weighted by atomic mass is 9.69. The molecule has 0 saturated carbocycles. The lowest BCUT2D eigenvalue weighted by molar-refractivity contribution is 0.398. The number of nitrogens with zero attached hydrogens (tertiary/aromatic N) is 2. The molecule has 6 nitrogen and oxygen atoms in total. The van der Waals surface area contributed by atoms with Gasteiger partial charge in [0.05, 0.1) is 11.1 Å². The van der Waals surface area contributed by atoms with Crippen molar-refractivity contribution in [3.05, 3.63) is 91.6 Å². The fourth-order valence-corrected chi connectivity index (χ4v) is 9.56. The largest absolute Gasteiger partial charge is 0.422 e. The second-order valence-electron chi connectivity index (χ2n) is 18.1. The third kappa shape index (κ3) is 4.45. The van der Waals surface area contributed by atoms with Crippen LogP contribution in [0.2, 0.25) is 0 Å². The summed E-state index contributed by atoms with van der Waals surface area (Å²) in [6.07, 6.45) is 4.20. The molecule has 0 N–H and O–H groups in total. The normalized spacial score (nSPS) is 20.9. The maximum Gasteiger partial charge on any atom is 0.344 e. The molecule has 9 rings (SSSR count). The van der Waals surface area contributed by atoms with Crippen LogP contribution in [0.1, 0.15) is 103 Å². The number of anilines is 2. The summed E-state index contributed by atoms with van der Waals surface area (Å²) in [6.45, 7) is 22.5. The van der Waals surface area contributed by atoms with Gasteiger partial charge in [0.25, 0.3) is 0 Å². The number of benzene rings is 3. The molecule has 0 fully saturated rings.